The lowest BCUT2D eigenvalue weighted by molar-refractivity contribution is -0.0337. The van der Waals surface area contributed by atoms with Gasteiger partial charge in [0, 0.05) is 19.1 Å². The van der Waals surface area contributed by atoms with Crippen LogP contribution in [-0.4, -0.2) is 39.6 Å². The summed E-state index contributed by atoms with van der Waals surface area (Å²) in [7, 11) is 0. The number of nitrogens with zero attached hydrogens (tertiary/aromatic N) is 2. The number of piperidine rings is 1. The second kappa shape index (κ2) is 6.68. The van der Waals surface area contributed by atoms with Crippen molar-refractivity contribution in [3.05, 3.63) is 46.6 Å². The first-order valence-electron chi connectivity index (χ1n) is 9.98. The topological polar surface area (TPSA) is 67.4 Å². The van der Waals surface area contributed by atoms with Gasteiger partial charge in [0.15, 0.2) is 5.75 Å². The SMILES string of the molecule is O=c1ncc(Oc2ccc3c(c2)CCC2(CCN(C4CCC4)CC2)O3)c[nH]1. The van der Waals surface area contributed by atoms with E-state index in [1.54, 1.807) is 0 Å². The van der Waals surface area contributed by atoms with Crippen LogP contribution < -0.4 is 15.2 Å². The summed E-state index contributed by atoms with van der Waals surface area (Å²) in [5, 5.41) is 0. The summed E-state index contributed by atoms with van der Waals surface area (Å²) in [6, 6.07) is 6.81. The largest absolute Gasteiger partial charge is 0.487 e. The molecule has 0 unspecified atom stereocenters. The van der Waals surface area contributed by atoms with Gasteiger partial charge in [-0.25, -0.2) is 4.79 Å². The van der Waals surface area contributed by atoms with Gasteiger partial charge in [-0.15, -0.1) is 0 Å². The smallest absolute Gasteiger partial charge is 0.345 e. The van der Waals surface area contributed by atoms with E-state index in [9.17, 15) is 4.79 Å². The molecule has 0 bridgehead atoms. The molecule has 6 heteroatoms. The van der Waals surface area contributed by atoms with E-state index < -0.39 is 0 Å². The molecule has 27 heavy (non-hydrogen) atoms. The minimum absolute atomic E-state index is 0.0124. The lowest BCUT2D eigenvalue weighted by atomic mass is 9.81. The number of hydrogen-bond acceptors (Lipinski definition) is 5. The summed E-state index contributed by atoms with van der Waals surface area (Å²) < 4.78 is 12.3. The molecule has 1 saturated carbocycles. The number of hydrogen-bond donors (Lipinski definition) is 1. The van der Waals surface area contributed by atoms with E-state index in [-0.39, 0.29) is 11.3 Å². The molecule has 2 fully saturated rings. The maximum absolute atomic E-state index is 11.0. The number of likely N-dealkylation sites (tertiary alicyclic amines) is 1. The summed E-state index contributed by atoms with van der Waals surface area (Å²) in [4.78, 5) is 19.9. The van der Waals surface area contributed by atoms with Crippen molar-refractivity contribution in [3.63, 3.8) is 0 Å². The predicted molar refractivity (Wildman–Crippen MR) is 101 cm³/mol. The standard InChI is InChI=1S/C21H25N3O3/c25-20-22-13-18(14-23-20)26-17-4-5-19-15(12-17)6-7-21(27-19)8-10-24(11-9-21)16-2-1-3-16/h4-5,12-14,16H,1-3,6-11H2,(H,22,23,25). The Morgan fingerprint density at radius 3 is 2.74 bits per heavy atom. The Morgan fingerprint density at radius 1 is 1.19 bits per heavy atom. The van der Waals surface area contributed by atoms with E-state index in [1.807, 2.05) is 18.2 Å². The summed E-state index contributed by atoms with van der Waals surface area (Å²) in [5.41, 5.74) is 0.824. The van der Waals surface area contributed by atoms with Crippen molar-refractivity contribution in [2.75, 3.05) is 13.1 Å². The summed E-state index contributed by atoms with van der Waals surface area (Å²) >= 11 is 0. The fourth-order valence-corrected chi connectivity index (χ4v) is 4.48. The van der Waals surface area contributed by atoms with Crippen molar-refractivity contribution >= 4 is 0 Å². The molecule has 0 atom stereocenters. The normalized spacial score (nSPS) is 21.9. The number of benzene rings is 1. The van der Waals surface area contributed by atoms with Crippen LogP contribution in [0.25, 0.3) is 0 Å². The van der Waals surface area contributed by atoms with Crippen molar-refractivity contribution in [2.24, 2.45) is 0 Å². The summed E-state index contributed by atoms with van der Waals surface area (Å²) in [5.74, 6) is 2.25. The quantitative estimate of drug-likeness (QED) is 0.902. The first-order chi connectivity index (χ1) is 13.2. The number of aryl methyl sites for hydroxylation is 1. The predicted octanol–water partition coefficient (Wildman–Crippen LogP) is 3.27. The average Bonchev–Trinajstić information content (AvgIpc) is 2.64. The first-order valence-corrected chi connectivity index (χ1v) is 9.98. The van der Waals surface area contributed by atoms with Crippen molar-refractivity contribution in [1.29, 1.82) is 0 Å². The minimum atomic E-state index is -0.380. The van der Waals surface area contributed by atoms with Crippen molar-refractivity contribution in [3.8, 4) is 17.2 Å². The Morgan fingerprint density at radius 2 is 2.04 bits per heavy atom. The van der Waals surface area contributed by atoms with Gasteiger partial charge in [-0.2, -0.15) is 4.98 Å². The number of H-pyrrole nitrogens is 1. The van der Waals surface area contributed by atoms with Crippen LogP contribution in [0.1, 0.15) is 44.1 Å². The molecule has 2 aromatic rings. The highest BCUT2D eigenvalue weighted by Gasteiger charge is 2.41. The van der Waals surface area contributed by atoms with Crippen LogP contribution in [0.5, 0.6) is 17.2 Å². The van der Waals surface area contributed by atoms with Gasteiger partial charge in [-0.3, -0.25) is 0 Å². The van der Waals surface area contributed by atoms with E-state index >= 15 is 0 Å². The van der Waals surface area contributed by atoms with Gasteiger partial charge < -0.3 is 19.4 Å². The zero-order valence-electron chi connectivity index (χ0n) is 15.4. The number of aromatic nitrogens is 2. The van der Waals surface area contributed by atoms with Gasteiger partial charge in [-0.05, 0) is 62.3 Å². The molecule has 6 nitrogen and oxygen atoms in total. The van der Waals surface area contributed by atoms with Gasteiger partial charge in [-0.1, -0.05) is 6.42 Å². The fourth-order valence-electron chi connectivity index (χ4n) is 4.48. The van der Waals surface area contributed by atoms with Crippen LogP contribution in [0.2, 0.25) is 0 Å². The Labute approximate surface area is 158 Å². The molecule has 3 heterocycles. The highest BCUT2D eigenvalue weighted by atomic mass is 16.5. The number of aromatic amines is 1. The third kappa shape index (κ3) is 3.34. The number of fused-ring (bicyclic) bond motifs is 1. The molecule has 0 amide bonds. The molecular formula is C21H25N3O3. The lowest BCUT2D eigenvalue weighted by Gasteiger charge is -2.48. The second-order valence-electron chi connectivity index (χ2n) is 8.03. The lowest BCUT2D eigenvalue weighted by Crippen LogP contribution is -2.53. The van der Waals surface area contributed by atoms with Gasteiger partial charge in [0.2, 0.25) is 0 Å². The third-order valence-corrected chi connectivity index (χ3v) is 6.39. The molecule has 1 aliphatic carbocycles. The molecule has 0 radical (unpaired) electrons. The van der Waals surface area contributed by atoms with E-state index in [0.717, 1.165) is 43.2 Å². The Kier molecular flexibility index (Phi) is 4.16. The maximum Gasteiger partial charge on any atom is 0.345 e. The van der Waals surface area contributed by atoms with Crippen molar-refractivity contribution in [1.82, 2.24) is 14.9 Å². The van der Waals surface area contributed by atoms with E-state index in [0.29, 0.717) is 5.75 Å². The van der Waals surface area contributed by atoms with Crippen LogP contribution >= 0.6 is 0 Å². The van der Waals surface area contributed by atoms with Crippen LogP contribution in [0, 0.1) is 0 Å². The molecular weight excluding hydrogens is 342 g/mol. The number of rotatable bonds is 3. The van der Waals surface area contributed by atoms with Gasteiger partial charge in [0.05, 0.1) is 12.4 Å². The summed E-state index contributed by atoms with van der Waals surface area (Å²) in [6.07, 6.45) is 11.5. The molecule has 3 aliphatic rings. The van der Waals surface area contributed by atoms with Crippen molar-refractivity contribution < 1.29 is 9.47 Å². The molecule has 1 saturated heterocycles. The molecule has 1 spiro atoms. The fraction of sp³-hybridized carbons (Fsp3) is 0.524. The minimum Gasteiger partial charge on any atom is -0.487 e. The molecule has 5 rings (SSSR count). The Bertz CT molecular complexity index is 862. The average molecular weight is 367 g/mol. The molecule has 1 aromatic heterocycles. The van der Waals surface area contributed by atoms with E-state index in [4.69, 9.17) is 9.47 Å². The molecule has 1 N–H and O–H groups in total. The number of nitrogens with one attached hydrogen (secondary N) is 1. The zero-order chi connectivity index (χ0) is 18.3. The molecule has 1 aromatic carbocycles. The van der Waals surface area contributed by atoms with Crippen LogP contribution in [-0.2, 0) is 6.42 Å². The zero-order valence-corrected chi connectivity index (χ0v) is 15.4. The van der Waals surface area contributed by atoms with Gasteiger partial charge >= 0.3 is 5.69 Å². The van der Waals surface area contributed by atoms with Gasteiger partial charge in [0.1, 0.15) is 17.1 Å². The number of ether oxygens (including phenoxy) is 2. The Balaban J connectivity index is 1.26. The Hall–Kier alpha value is -2.34. The van der Waals surface area contributed by atoms with E-state index in [2.05, 4.69) is 14.9 Å². The highest BCUT2D eigenvalue weighted by Crippen LogP contribution is 2.42. The van der Waals surface area contributed by atoms with Crippen LogP contribution in [0.3, 0.4) is 0 Å². The second-order valence-corrected chi connectivity index (χ2v) is 8.03. The third-order valence-electron chi connectivity index (χ3n) is 6.39. The van der Waals surface area contributed by atoms with E-state index in [1.165, 1.54) is 50.3 Å². The highest BCUT2D eigenvalue weighted by molar-refractivity contribution is 5.43. The maximum atomic E-state index is 11.0. The van der Waals surface area contributed by atoms with Crippen LogP contribution in [0.15, 0.2) is 35.4 Å². The first kappa shape index (κ1) is 16.8. The van der Waals surface area contributed by atoms with Crippen molar-refractivity contribution in [2.45, 2.75) is 56.6 Å². The monoisotopic (exact) mass is 367 g/mol. The van der Waals surface area contributed by atoms with Crippen LogP contribution in [0.4, 0.5) is 0 Å². The van der Waals surface area contributed by atoms with Gasteiger partial charge in [0.25, 0.3) is 0 Å². The molecule has 2 aliphatic heterocycles. The molecule has 142 valence electrons. The summed E-state index contributed by atoms with van der Waals surface area (Å²) in [6.45, 7) is 2.33.